The van der Waals surface area contributed by atoms with Crippen molar-refractivity contribution in [3.8, 4) is 0 Å². The predicted octanol–water partition coefficient (Wildman–Crippen LogP) is 2.43. The molecule has 0 unspecified atom stereocenters. The van der Waals surface area contributed by atoms with Gasteiger partial charge in [-0.25, -0.2) is 4.98 Å². The summed E-state index contributed by atoms with van der Waals surface area (Å²) < 4.78 is 0. The minimum atomic E-state index is 0.709. The van der Waals surface area contributed by atoms with Crippen molar-refractivity contribution in [3.63, 3.8) is 0 Å². The van der Waals surface area contributed by atoms with E-state index in [0.29, 0.717) is 5.95 Å². The van der Waals surface area contributed by atoms with Gasteiger partial charge in [-0.15, -0.1) is 0 Å². The van der Waals surface area contributed by atoms with E-state index in [2.05, 4.69) is 34.4 Å². The van der Waals surface area contributed by atoms with Crippen LogP contribution in [-0.4, -0.2) is 23.1 Å². The van der Waals surface area contributed by atoms with Crippen LogP contribution in [0.5, 0.6) is 0 Å². The predicted molar refractivity (Wildman–Crippen MR) is 64.3 cm³/mol. The second kappa shape index (κ2) is 6.22. The Balaban J connectivity index is 2.66. The third-order valence-corrected chi connectivity index (χ3v) is 2.05. The van der Waals surface area contributed by atoms with Gasteiger partial charge in [0, 0.05) is 24.8 Å². The van der Waals surface area contributed by atoms with Crippen molar-refractivity contribution in [2.45, 2.75) is 33.6 Å². The lowest BCUT2D eigenvalue weighted by Gasteiger charge is -2.09. The molecule has 4 nitrogen and oxygen atoms in total. The number of anilines is 2. The smallest absolute Gasteiger partial charge is 0.224 e. The lowest BCUT2D eigenvalue weighted by molar-refractivity contribution is 0.935. The molecule has 0 aliphatic heterocycles. The molecule has 0 aromatic carbocycles. The van der Waals surface area contributed by atoms with Gasteiger partial charge < -0.3 is 10.6 Å². The van der Waals surface area contributed by atoms with Gasteiger partial charge in [0.1, 0.15) is 5.82 Å². The van der Waals surface area contributed by atoms with Gasteiger partial charge in [-0.1, -0.05) is 13.8 Å². The van der Waals surface area contributed by atoms with E-state index in [1.54, 1.807) is 0 Å². The fraction of sp³-hybridized carbons (Fsp3) is 0.636. The van der Waals surface area contributed by atoms with Gasteiger partial charge >= 0.3 is 0 Å². The Bertz CT molecular complexity index is 299. The van der Waals surface area contributed by atoms with Crippen LogP contribution < -0.4 is 10.6 Å². The number of aromatic nitrogens is 2. The van der Waals surface area contributed by atoms with E-state index in [-0.39, 0.29) is 0 Å². The van der Waals surface area contributed by atoms with Crippen LogP contribution in [0.25, 0.3) is 0 Å². The van der Waals surface area contributed by atoms with E-state index in [1.807, 2.05) is 13.1 Å². The topological polar surface area (TPSA) is 49.8 Å². The summed E-state index contributed by atoms with van der Waals surface area (Å²) >= 11 is 0. The van der Waals surface area contributed by atoms with E-state index < -0.39 is 0 Å². The van der Waals surface area contributed by atoms with E-state index in [1.165, 1.54) is 0 Å². The van der Waals surface area contributed by atoms with Gasteiger partial charge in [-0.05, 0) is 19.8 Å². The summed E-state index contributed by atoms with van der Waals surface area (Å²) in [6.07, 6.45) is 4.03. The van der Waals surface area contributed by atoms with Gasteiger partial charge in [0.2, 0.25) is 5.95 Å². The molecule has 1 rings (SSSR count). The molecule has 84 valence electrons. The Morgan fingerprint density at radius 1 is 1.13 bits per heavy atom. The third-order valence-electron chi connectivity index (χ3n) is 2.05. The number of nitrogens with one attached hydrogen (secondary N) is 2. The Morgan fingerprint density at radius 2 is 1.80 bits per heavy atom. The normalized spacial score (nSPS) is 10.1. The zero-order valence-corrected chi connectivity index (χ0v) is 9.80. The molecular formula is C11H20N4. The fourth-order valence-electron chi connectivity index (χ4n) is 1.19. The lowest BCUT2D eigenvalue weighted by atomic mass is 10.3. The summed E-state index contributed by atoms with van der Waals surface area (Å²) in [5.41, 5.74) is 1.09. The molecule has 0 radical (unpaired) electrons. The Hall–Kier alpha value is -1.32. The molecule has 0 amide bonds. The number of hydrogen-bond acceptors (Lipinski definition) is 4. The van der Waals surface area contributed by atoms with Crippen LogP contribution in [0.2, 0.25) is 0 Å². The number of hydrogen-bond donors (Lipinski definition) is 2. The van der Waals surface area contributed by atoms with Crippen molar-refractivity contribution in [2.75, 3.05) is 23.7 Å². The van der Waals surface area contributed by atoms with Crippen LogP contribution in [0.15, 0.2) is 6.20 Å². The first-order valence-electron chi connectivity index (χ1n) is 5.59. The summed E-state index contributed by atoms with van der Waals surface area (Å²) in [6.45, 7) is 8.14. The molecule has 0 saturated carbocycles. The van der Waals surface area contributed by atoms with Gasteiger partial charge in [0.15, 0.2) is 0 Å². The summed E-state index contributed by atoms with van der Waals surface area (Å²) in [7, 11) is 0. The minimum Gasteiger partial charge on any atom is -0.370 e. The highest BCUT2D eigenvalue weighted by Gasteiger charge is 2.01. The van der Waals surface area contributed by atoms with Crippen LogP contribution in [0.4, 0.5) is 11.8 Å². The zero-order valence-electron chi connectivity index (χ0n) is 9.80. The highest BCUT2D eigenvalue weighted by Crippen LogP contribution is 2.12. The first-order valence-corrected chi connectivity index (χ1v) is 5.59. The second-order valence-corrected chi connectivity index (χ2v) is 3.58. The molecule has 0 saturated heterocycles. The van der Waals surface area contributed by atoms with Crippen molar-refractivity contribution in [3.05, 3.63) is 11.8 Å². The van der Waals surface area contributed by atoms with E-state index in [4.69, 9.17) is 0 Å². The Morgan fingerprint density at radius 3 is 2.47 bits per heavy atom. The SMILES string of the molecule is CCCNc1ncc(C)c(NCCC)n1. The summed E-state index contributed by atoms with van der Waals surface area (Å²) in [6, 6.07) is 0. The monoisotopic (exact) mass is 208 g/mol. The van der Waals surface area contributed by atoms with Gasteiger partial charge in [0.25, 0.3) is 0 Å². The molecule has 0 spiro atoms. The molecule has 0 bridgehead atoms. The van der Waals surface area contributed by atoms with Crippen LogP contribution in [0, 0.1) is 6.92 Å². The average Bonchev–Trinajstić information content (AvgIpc) is 2.26. The number of aryl methyl sites for hydroxylation is 1. The standard InChI is InChI=1S/C11H20N4/c1-4-6-12-10-9(3)8-14-11(15-10)13-7-5-2/h8H,4-7H2,1-3H3,(H2,12,13,14,15). The van der Waals surface area contributed by atoms with E-state index in [9.17, 15) is 0 Å². The average molecular weight is 208 g/mol. The molecule has 1 heterocycles. The van der Waals surface area contributed by atoms with Crippen LogP contribution >= 0.6 is 0 Å². The van der Waals surface area contributed by atoms with Gasteiger partial charge in [-0.2, -0.15) is 4.98 Å². The van der Waals surface area contributed by atoms with Crippen molar-refractivity contribution in [2.24, 2.45) is 0 Å². The number of rotatable bonds is 6. The zero-order chi connectivity index (χ0) is 11.1. The molecule has 4 heteroatoms. The molecule has 1 aromatic heterocycles. The van der Waals surface area contributed by atoms with Crippen LogP contribution in [0.1, 0.15) is 32.3 Å². The molecule has 0 aliphatic carbocycles. The largest absolute Gasteiger partial charge is 0.370 e. The minimum absolute atomic E-state index is 0.709. The van der Waals surface area contributed by atoms with Crippen LogP contribution in [-0.2, 0) is 0 Å². The highest BCUT2D eigenvalue weighted by molar-refractivity contribution is 5.46. The van der Waals surface area contributed by atoms with Crippen molar-refractivity contribution < 1.29 is 0 Å². The molecule has 2 N–H and O–H groups in total. The lowest BCUT2D eigenvalue weighted by Crippen LogP contribution is -2.09. The molecule has 1 aromatic rings. The van der Waals surface area contributed by atoms with Crippen LogP contribution in [0.3, 0.4) is 0 Å². The molecule has 0 aliphatic rings. The molecule has 0 atom stereocenters. The summed E-state index contributed by atoms with van der Waals surface area (Å²) in [5.74, 6) is 1.64. The van der Waals surface area contributed by atoms with E-state index in [0.717, 1.165) is 37.3 Å². The van der Waals surface area contributed by atoms with E-state index >= 15 is 0 Å². The second-order valence-electron chi connectivity index (χ2n) is 3.58. The first kappa shape index (κ1) is 11.8. The first-order chi connectivity index (χ1) is 7.27. The van der Waals surface area contributed by atoms with Gasteiger partial charge in [0.05, 0.1) is 0 Å². The fourth-order valence-corrected chi connectivity index (χ4v) is 1.19. The van der Waals surface area contributed by atoms with Crippen molar-refractivity contribution in [1.29, 1.82) is 0 Å². The molecule has 15 heavy (non-hydrogen) atoms. The maximum Gasteiger partial charge on any atom is 0.224 e. The summed E-state index contributed by atoms with van der Waals surface area (Å²) in [4.78, 5) is 8.64. The number of nitrogens with zero attached hydrogens (tertiary/aromatic N) is 2. The molecular weight excluding hydrogens is 188 g/mol. The Labute approximate surface area is 91.5 Å². The quantitative estimate of drug-likeness (QED) is 0.754. The van der Waals surface area contributed by atoms with Crippen molar-refractivity contribution in [1.82, 2.24) is 9.97 Å². The maximum atomic E-state index is 4.41. The Kier molecular flexibility index (Phi) is 4.87. The summed E-state index contributed by atoms with van der Waals surface area (Å²) in [5, 5.41) is 6.46. The van der Waals surface area contributed by atoms with Gasteiger partial charge in [-0.3, -0.25) is 0 Å². The maximum absolute atomic E-state index is 4.41. The highest BCUT2D eigenvalue weighted by atomic mass is 15.1. The third kappa shape index (κ3) is 3.73. The van der Waals surface area contributed by atoms with Crippen molar-refractivity contribution >= 4 is 11.8 Å². The molecule has 0 fully saturated rings.